The fraction of sp³-hybridized carbons (Fsp3) is 0.545. The molecule has 1 amide bonds. The molecule has 0 radical (unpaired) electrons. The van der Waals surface area contributed by atoms with Gasteiger partial charge in [-0.05, 0) is 25.0 Å². The van der Waals surface area contributed by atoms with Gasteiger partial charge in [-0.1, -0.05) is 0 Å². The summed E-state index contributed by atoms with van der Waals surface area (Å²) in [7, 11) is 1.56. The van der Waals surface area contributed by atoms with Gasteiger partial charge in [0.15, 0.2) is 11.5 Å². The number of carbonyl (C=O) groups is 1. The molecule has 0 aliphatic carbocycles. The maximum Gasteiger partial charge on any atom is 0.271 e. The topological polar surface area (TPSA) is 78.4 Å². The molecule has 0 bridgehead atoms. The summed E-state index contributed by atoms with van der Waals surface area (Å²) in [6, 6.07) is 3.54. The Hall–Kier alpha value is -1.69. The molecular weight excluding hydrogens is 220 g/mol. The Morgan fingerprint density at radius 2 is 2.41 bits per heavy atom. The van der Waals surface area contributed by atoms with E-state index in [0.717, 1.165) is 19.4 Å². The summed E-state index contributed by atoms with van der Waals surface area (Å²) in [5.74, 6) is 0.471. The fourth-order valence-corrected chi connectivity index (χ4v) is 2.05. The molecule has 17 heavy (non-hydrogen) atoms. The van der Waals surface area contributed by atoms with E-state index in [1.807, 2.05) is 4.90 Å². The van der Waals surface area contributed by atoms with Crippen LogP contribution < -0.4 is 10.2 Å². The van der Waals surface area contributed by atoms with Crippen LogP contribution in [-0.2, 0) is 0 Å². The van der Waals surface area contributed by atoms with Crippen molar-refractivity contribution in [3.63, 3.8) is 0 Å². The van der Waals surface area contributed by atoms with Crippen LogP contribution >= 0.6 is 0 Å². The van der Waals surface area contributed by atoms with E-state index in [2.05, 4.69) is 15.5 Å². The molecule has 6 heteroatoms. The second kappa shape index (κ2) is 5.09. The first kappa shape index (κ1) is 11.8. The molecule has 2 heterocycles. The molecule has 1 aliphatic rings. The van der Waals surface area contributed by atoms with Gasteiger partial charge in [0, 0.05) is 13.6 Å². The summed E-state index contributed by atoms with van der Waals surface area (Å²) in [4.78, 5) is 13.3. The van der Waals surface area contributed by atoms with Crippen LogP contribution in [0.3, 0.4) is 0 Å². The van der Waals surface area contributed by atoms with Crippen molar-refractivity contribution >= 4 is 11.7 Å². The molecule has 2 rings (SSSR count). The van der Waals surface area contributed by atoms with E-state index in [1.54, 1.807) is 19.2 Å². The van der Waals surface area contributed by atoms with Crippen LogP contribution in [-0.4, -0.2) is 47.5 Å². The minimum Gasteiger partial charge on any atom is -0.394 e. The monoisotopic (exact) mass is 236 g/mol. The van der Waals surface area contributed by atoms with Gasteiger partial charge in [0.2, 0.25) is 0 Å². The molecule has 92 valence electrons. The van der Waals surface area contributed by atoms with E-state index in [-0.39, 0.29) is 18.6 Å². The van der Waals surface area contributed by atoms with Gasteiger partial charge in [-0.25, -0.2) is 0 Å². The highest BCUT2D eigenvalue weighted by Crippen LogP contribution is 2.22. The van der Waals surface area contributed by atoms with Crippen LogP contribution in [0.5, 0.6) is 0 Å². The van der Waals surface area contributed by atoms with Crippen molar-refractivity contribution in [3.05, 3.63) is 17.8 Å². The van der Waals surface area contributed by atoms with Crippen molar-refractivity contribution in [1.29, 1.82) is 0 Å². The molecule has 0 spiro atoms. The Balaban J connectivity index is 2.15. The van der Waals surface area contributed by atoms with Crippen molar-refractivity contribution in [2.24, 2.45) is 0 Å². The molecule has 1 atom stereocenters. The predicted octanol–water partition coefficient (Wildman–Crippen LogP) is -0.203. The number of anilines is 1. The smallest absolute Gasteiger partial charge is 0.271 e. The third kappa shape index (κ3) is 2.36. The number of amides is 1. The van der Waals surface area contributed by atoms with E-state index in [0.29, 0.717) is 11.5 Å². The Labute approximate surface area is 99.7 Å². The lowest BCUT2D eigenvalue weighted by Gasteiger charge is -2.23. The van der Waals surface area contributed by atoms with Crippen molar-refractivity contribution in [3.8, 4) is 0 Å². The van der Waals surface area contributed by atoms with Crippen LogP contribution in [0.25, 0.3) is 0 Å². The van der Waals surface area contributed by atoms with Crippen molar-refractivity contribution < 1.29 is 9.90 Å². The zero-order valence-electron chi connectivity index (χ0n) is 9.76. The van der Waals surface area contributed by atoms with Gasteiger partial charge in [0.25, 0.3) is 5.91 Å². The third-order valence-corrected chi connectivity index (χ3v) is 2.99. The van der Waals surface area contributed by atoms with E-state index < -0.39 is 0 Å². The van der Waals surface area contributed by atoms with Gasteiger partial charge in [0.1, 0.15) is 0 Å². The average molecular weight is 236 g/mol. The van der Waals surface area contributed by atoms with Gasteiger partial charge in [0.05, 0.1) is 12.6 Å². The summed E-state index contributed by atoms with van der Waals surface area (Å²) in [6.07, 6.45) is 2.01. The highest BCUT2D eigenvalue weighted by Gasteiger charge is 2.25. The number of rotatable bonds is 3. The normalized spacial score (nSPS) is 19.4. The highest BCUT2D eigenvalue weighted by atomic mass is 16.3. The highest BCUT2D eigenvalue weighted by molar-refractivity contribution is 5.91. The molecule has 0 saturated carbocycles. The Bertz CT molecular complexity index is 393. The third-order valence-electron chi connectivity index (χ3n) is 2.99. The summed E-state index contributed by atoms with van der Waals surface area (Å²) >= 11 is 0. The summed E-state index contributed by atoms with van der Waals surface area (Å²) in [6.45, 7) is 0.998. The number of nitrogens with zero attached hydrogens (tertiary/aromatic N) is 3. The molecule has 0 unspecified atom stereocenters. The maximum absolute atomic E-state index is 11.3. The van der Waals surface area contributed by atoms with Crippen LogP contribution in [0.15, 0.2) is 12.1 Å². The first-order valence-electron chi connectivity index (χ1n) is 5.69. The predicted molar refractivity (Wildman–Crippen MR) is 62.9 cm³/mol. The number of hydrogen-bond acceptors (Lipinski definition) is 5. The largest absolute Gasteiger partial charge is 0.394 e. The van der Waals surface area contributed by atoms with Crippen LogP contribution in [0.1, 0.15) is 23.3 Å². The lowest BCUT2D eigenvalue weighted by molar-refractivity contribution is 0.0957. The Kier molecular flexibility index (Phi) is 3.53. The Morgan fingerprint density at radius 1 is 1.59 bits per heavy atom. The van der Waals surface area contributed by atoms with Crippen LogP contribution in [0, 0.1) is 0 Å². The average Bonchev–Trinajstić information content (AvgIpc) is 2.86. The van der Waals surface area contributed by atoms with Crippen molar-refractivity contribution in [1.82, 2.24) is 15.5 Å². The standard InChI is InChI=1S/C11H16N4O2/c1-12-11(17)9-4-5-10(14-13-9)15-6-2-3-8(15)7-16/h4-5,8,16H,2-3,6-7H2,1H3,(H,12,17)/t8-/m1/s1. The molecule has 1 saturated heterocycles. The van der Waals surface area contributed by atoms with Gasteiger partial charge in [-0.15, -0.1) is 10.2 Å². The van der Waals surface area contributed by atoms with Gasteiger partial charge < -0.3 is 15.3 Å². The number of aliphatic hydroxyl groups excluding tert-OH is 1. The molecule has 2 N–H and O–H groups in total. The second-order valence-corrected chi connectivity index (χ2v) is 4.03. The molecule has 1 aromatic rings. The molecule has 0 aromatic carbocycles. The summed E-state index contributed by atoms with van der Waals surface area (Å²) in [5.41, 5.74) is 0.302. The van der Waals surface area contributed by atoms with Crippen molar-refractivity contribution in [2.45, 2.75) is 18.9 Å². The second-order valence-electron chi connectivity index (χ2n) is 4.03. The minimum atomic E-state index is -0.246. The quantitative estimate of drug-likeness (QED) is 0.759. The summed E-state index contributed by atoms with van der Waals surface area (Å²) in [5, 5.41) is 19.6. The van der Waals surface area contributed by atoms with Gasteiger partial charge >= 0.3 is 0 Å². The van der Waals surface area contributed by atoms with E-state index in [4.69, 9.17) is 0 Å². The number of carbonyl (C=O) groups excluding carboxylic acids is 1. The SMILES string of the molecule is CNC(=O)c1ccc(N2CCC[C@@H]2CO)nn1. The zero-order chi connectivity index (χ0) is 12.3. The first-order valence-corrected chi connectivity index (χ1v) is 5.69. The van der Waals surface area contributed by atoms with Gasteiger partial charge in [-0.3, -0.25) is 4.79 Å². The molecule has 1 aliphatic heterocycles. The zero-order valence-corrected chi connectivity index (χ0v) is 9.76. The number of nitrogens with one attached hydrogen (secondary N) is 1. The molecule has 1 fully saturated rings. The molecule has 6 nitrogen and oxygen atoms in total. The van der Waals surface area contributed by atoms with Crippen LogP contribution in [0.4, 0.5) is 5.82 Å². The number of hydrogen-bond donors (Lipinski definition) is 2. The number of aromatic nitrogens is 2. The minimum absolute atomic E-state index is 0.121. The van der Waals surface area contributed by atoms with Crippen LogP contribution in [0.2, 0.25) is 0 Å². The maximum atomic E-state index is 11.3. The van der Waals surface area contributed by atoms with Crippen molar-refractivity contribution in [2.75, 3.05) is 25.1 Å². The summed E-state index contributed by atoms with van der Waals surface area (Å²) < 4.78 is 0. The number of aliphatic hydroxyl groups is 1. The van der Waals surface area contributed by atoms with E-state index in [1.165, 1.54) is 0 Å². The lowest BCUT2D eigenvalue weighted by Crippen LogP contribution is -2.33. The Morgan fingerprint density at radius 3 is 3.00 bits per heavy atom. The fourth-order valence-electron chi connectivity index (χ4n) is 2.05. The first-order chi connectivity index (χ1) is 8.26. The van der Waals surface area contributed by atoms with E-state index >= 15 is 0 Å². The van der Waals surface area contributed by atoms with Gasteiger partial charge in [-0.2, -0.15) is 0 Å². The lowest BCUT2D eigenvalue weighted by atomic mass is 10.2. The van der Waals surface area contributed by atoms with E-state index in [9.17, 15) is 9.90 Å². The molecule has 1 aromatic heterocycles. The molecular formula is C11H16N4O2.